The minimum absolute atomic E-state index is 0.0442. The highest BCUT2D eigenvalue weighted by Gasteiger charge is 2.22. The maximum atomic E-state index is 13.3. The van der Waals surface area contributed by atoms with Crippen molar-refractivity contribution >= 4 is 16.7 Å². The molecule has 0 aliphatic carbocycles. The van der Waals surface area contributed by atoms with Gasteiger partial charge >= 0.3 is 0 Å². The fourth-order valence-electron chi connectivity index (χ4n) is 3.84. The van der Waals surface area contributed by atoms with E-state index in [4.69, 9.17) is 4.74 Å². The summed E-state index contributed by atoms with van der Waals surface area (Å²) in [6.45, 7) is 0.254. The van der Waals surface area contributed by atoms with Gasteiger partial charge in [0.05, 0.1) is 17.8 Å². The molecule has 0 amide bonds. The number of carbonyl (C=O) groups excluding carboxylic acids is 1. The van der Waals surface area contributed by atoms with Gasteiger partial charge < -0.3 is 4.74 Å². The number of nitrogens with zero attached hydrogens (tertiary/aromatic N) is 4. The second-order valence-electron chi connectivity index (χ2n) is 8.05. The number of fused-ring (bicyclic) bond motifs is 1. The molecule has 1 N–H and O–H groups in total. The molecule has 0 saturated heterocycles. The lowest BCUT2D eigenvalue weighted by Crippen LogP contribution is -2.27. The largest absolute Gasteiger partial charge is 0.363 e. The van der Waals surface area contributed by atoms with Crippen LogP contribution in [0, 0.1) is 0 Å². The number of tetrazole rings is 1. The highest BCUT2D eigenvalue weighted by Crippen LogP contribution is 2.17. The third-order valence-electron chi connectivity index (χ3n) is 5.63. The molecule has 2 heterocycles. The highest BCUT2D eigenvalue weighted by atomic mass is 16.5. The number of pyridine rings is 1. The summed E-state index contributed by atoms with van der Waals surface area (Å²) in [5.74, 6) is 0.591. The van der Waals surface area contributed by atoms with Gasteiger partial charge in [-0.05, 0) is 23.3 Å². The zero-order chi connectivity index (χ0) is 23.2. The minimum atomic E-state index is -0.626. The third kappa shape index (κ3) is 5.22. The predicted octanol–water partition coefficient (Wildman–Crippen LogP) is 4.35. The zero-order valence-corrected chi connectivity index (χ0v) is 18.5. The fraction of sp³-hybridized carbons (Fsp3) is 0.148. The van der Waals surface area contributed by atoms with Gasteiger partial charge in [0.25, 0.3) is 0 Å². The number of rotatable bonds is 9. The van der Waals surface area contributed by atoms with Crippen LogP contribution in [0.1, 0.15) is 33.0 Å². The SMILES string of the molecule is O=C(c1ccccc1)C(Cc1ccc(Cc2nn[nH]n2)cc1)OCc1ccc2ccccc2n1. The first-order chi connectivity index (χ1) is 16.7. The molecule has 0 aliphatic heterocycles. The number of aromatic nitrogens is 5. The minimum Gasteiger partial charge on any atom is -0.363 e. The number of para-hydroxylation sites is 1. The van der Waals surface area contributed by atoms with Crippen LogP contribution < -0.4 is 0 Å². The Bertz CT molecular complexity index is 1370. The summed E-state index contributed by atoms with van der Waals surface area (Å²) < 4.78 is 6.17. The van der Waals surface area contributed by atoms with Gasteiger partial charge in [0.2, 0.25) is 0 Å². The molecule has 168 valence electrons. The number of hydrogen-bond donors (Lipinski definition) is 1. The average molecular weight is 450 g/mol. The van der Waals surface area contributed by atoms with E-state index in [1.807, 2.05) is 91.0 Å². The van der Waals surface area contributed by atoms with Gasteiger partial charge in [-0.15, -0.1) is 10.2 Å². The first-order valence-corrected chi connectivity index (χ1v) is 11.1. The van der Waals surface area contributed by atoms with Crippen molar-refractivity contribution < 1.29 is 9.53 Å². The number of benzene rings is 3. The number of carbonyl (C=O) groups is 1. The van der Waals surface area contributed by atoms with Crippen molar-refractivity contribution in [3.8, 4) is 0 Å². The summed E-state index contributed by atoms with van der Waals surface area (Å²) in [6, 6.07) is 29.2. The van der Waals surface area contributed by atoms with Crippen LogP contribution in [0.25, 0.3) is 10.9 Å². The summed E-state index contributed by atoms with van der Waals surface area (Å²) in [7, 11) is 0. The Labute approximate surface area is 196 Å². The van der Waals surface area contributed by atoms with Crippen LogP contribution in [0.5, 0.6) is 0 Å². The van der Waals surface area contributed by atoms with Crippen molar-refractivity contribution in [1.29, 1.82) is 0 Å². The van der Waals surface area contributed by atoms with Crippen molar-refractivity contribution in [2.45, 2.75) is 25.6 Å². The quantitative estimate of drug-likeness (QED) is 0.336. The van der Waals surface area contributed by atoms with Crippen LogP contribution in [-0.2, 0) is 24.2 Å². The van der Waals surface area contributed by atoms with Crippen LogP contribution in [-0.4, -0.2) is 37.5 Å². The van der Waals surface area contributed by atoms with Gasteiger partial charge in [0.1, 0.15) is 6.10 Å². The topological polar surface area (TPSA) is 93.7 Å². The van der Waals surface area contributed by atoms with Gasteiger partial charge in [-0.2, -0.15) is 5.21 Å². The highest BCUT2D eigenvalue weighted by molar-refractivity contribution is 5.99. The predicted molar refractivity (Wildman–Crippen MR) is 128 cm³/mol. The second kappa shape index (κ2) is 10.1. The Balaban J connectivity index is 1.32. The lowest BCUT2D eigenvalue weighted by Gasteiger charge is -2.17. The molecule has 7 heteroatoms. The van der Waals surface area contributed by atoms with E-state index in [0.717, 1.165) is 27.7 Å². The summed E-state index contributed by atoms with van der Waals surface area (Å²) >= 11 is 0. The van der Waals surface area contributed by atoms with E-state index in [1.165, 1.54) is 0 Å². The number of nitrogens with one attached hydrogen (secondary N) is 1. The normalized spacial score (nSPS) is 12.0. The molecule has 1 atom stereocenters. The molecule has 5 aromatic rings. The Kier molecular flexibility index (Phi) is 6.45. The zero-order valence-electron chi connectivity index (χ0n) is 18.5. The Morgan fingerprint density at radius 1 is 0.853 bits per heavy atom. The van der Waals surface area contributed by atoms with Crippen molar-refractivity contribution in [3.63, 3.8) is 0 Å². The molecule has 0 fully saturated rings. The van der Waals surface area contributed by atoms with E-state index in [0.29, 0.717) is 24.2 Å². The average Bonchev–Trinajstić information content (AvgIpc) is 3.40. The van der Waals surface area contributed by atoms with Crippen molar-refractivity contribution in [1.82, 2.24) is 25.6 Å². The Hall–Kier alpha value is -4.23. The first-order valence-electron chi connectivity index (χ1n) is 11.1. The number of ether oxygens (including phenoxy) is 1. The molecular weight excluding hydrogens is 426 g/mol. The lowest BCUT2D eigenvalue weighted by atomic mass is 9.98. The van der Waals surface area contributed by atoms with Crippen LogP contribution in [0.2, 0.25) is 0 Å². The molecule has 5 rings (SSSR count). The van der Waals surface area contributed by atoms with Gasteiger partial charge in [-0.25, -0.2) is 0 Å². The van der Waals surface area contributed by atoms with Crippen LogP contribution in [0.4, 0.5) is 0 Å². The number of Topliss-reactive ketones (excluding diaryl/α,β-unsaturated/α-hetero) is 1. The molecule has 0 spiro atoms. The molecule has 7 nitrogen and oxygen atoms in total. The van der Waals surface area contributed by atoms with E-state index >= 15 is 0 Å². The number of ketones is 1. The molecular formula is C27H23N5O2. The monoisotopic (exact) mass is 449 g/mol. The van der Waals surface area contributed by atoms with E-state index in [1.54, 1.807) is 0 Å². The second-order valence-corrected chi connectivity index (χ2v) is 8.05. The summed E-state index contributed by atoms with van der Waals surface area (Å²) in [4.78, 5) is 18.0. The van der Waals surface area contributed by atoms with Gasteiger partial charge in [0, 0.05) is 23.8 Å². The summed E-state index contributed by atoms with van der Waals surface area (Å²) in [5, 5.41) is 15.1. The van der Waals surface area contributed by atoms with Crippen LogP contribution in [0.3, 0.4) is 0 Å². The van der Waals surface area contributed by atoms with E-state index < -0.39 is 6.10 Å². The van der Waals surface area contributed by atoms with Crippen molar-refractivity contribution in [2.75, 3.05) is 0 Å². The molecule has 0 aliphatic rings. The van der Waals surface area contributed by atoms with Crippen molar-refractivity contribution in [3.05, 3.63) is 119 Å². The molecule has 34 heavy (non-hydrogen) atoms. The summed E-state index contributed by atoms with van der Waals surface area (Å²) in [6.07, 6.45) is 0.426. The molecule has 0 bridgehead atoms. The third-order valence-corrected chi connectivity index (χ3v) is 5.63. The lowest BCUT2D eigenvalue weighted by molar-refractivity contribution is 0.0332. The Morgan fingerprint density at radius 2 is 1.62 bits per heavy atom. The van der Waals surface area contributed by atoms with E-state index in [2.05, 4.69) is 25.6 Å². The smallest absolute Gasteiger partial charge is 0.191 e. The van der Waals surface area contributed by atoms with Crippen molar-refractivity contribution in [2.24, 2.45) is 0 Å². The van der Waals surface area contributed by atoms with Gasteiger partial charge in [0.15, 0.2) is 11.6 Å². The fourth-order valence-corrected chi connectivity index (χ4v) is 3.84. The van der Waals surface area contributed by atoms with Gasteiger partial charge in [-0.1, -0.05) is 84.1 Å². The van der Waals surface area contributed by atoms with Crippen LogP contribution in [0.15, 0.2) is 91.0 Å². The van der Waals surface area contributed by atoms with E-state index in [-0.39, 0.29) is 12.4 Å². The molecule has 0 saturated carbocycles. The standard InChI is InChI=1S/C27H23N5O2/c33-27(22-7-2-1-3-8-22)25(34-18-23-15-14-21-6-4-5-9-24(21)28-23)16-19-10-12-20(13-11-19)17-26-29-31-32-30-26/h1-15,25H,16-18H2,(H,29,30,31,32). The number of aromatic amines is 1. The maximum Gasteiger partial charge on any atom is 0.191 e. The molecule has 2 aromatic heterocycles. The molecule has 1 unspecified atom stereocenters. The van der Waals surface area contributed by atoms with Gasteiger partial charge in [-0.3, -0.25) is 9.78 Å². The number of H-pyrrole nitrogens is 1. The Morgan fingerprint density at radius 3 is 2.41 bits per heavy atom. The summed E-state index contributed by atoms with van der Waals surface area (Å²) in [5.41, 5.74) is 4.41. The maximum absolute atomic E-state index is 13.3. The molecule has 0 radical (unpaired) electrons. The first kappa shape index (κ1) is 21.6. The molecule has 3 aromatic carbocycles. The van der Waals surface area contributed by atoms with Crippen LogP contribution >= 0.6 is 0 Å². The number of hydrogen-bond acceptors (Lipinski definition) is 6. The van der Waals surface area contributed by atoms with E-state index in [9.17, 15) is 4.79 Å².